The smallest absolute Gasteiger partial charge is 0.193 e. The molecule has 0 N–H and O–H groups in total. The van der Waals surface area contributed by atoms with Gasteiger partial charge in [0, 0.05) is 16.7 Å². The third-order valence-corrected chi connectivity index (χ3v) is 2.29. The molecule has 0 unspecified atom stereocenters. The molecule has 1 nitrogen and oxygen atoms in total. The standard InChI is InChI=1S/C17H10O/c18-14-4-7-16-9-12-17(13-10-16)11-8-15-5-2-1-3-6-15/h1-3,5-6,9-10,12-14H. The molecule has 2 rings (SSSR count). The highest BCUT2D eigenvalue weighted by Crippen LogP contribution is 2.02. The summed E-state index contributed by atoms with van der Waals surface area (Å²) in [6.45, 7) is 0. The van der Waals surface area contributed by atoms with E-state index in [9.17, 15) is 4.79 Å². The van der Waals surface area contributed by atoms with Gasteiger partial charge >= 0.3 is 0 Å². The number of carbonyl (C=O) groups is 1. The maximum Gasteiger partial charge on any atom is 0.193 e. The van der Waals surface area contributed by atoms with Crippen molar-refractivity contribution in [2.45, 2.75) is 0 Å². The molecule has 0 radical (unpaired) electrons. The lowest BCUT2D eigenvalue weighted by molar-refractivity contribution is -0.103. The van der Waals surface area contributed by atoms with Crippen molar-refractivity contribution in [2.75, 3.05) is 0 Å². The molecule has 0 fully saturated rings. The molecule has 0 amide bonds. The number of benzene rings is 2. The Morgan fingerprint density at radius 3 is 1.72 bits per heavy atom. The van der Waals surface area contributed by atoms with Gasteiger partial charge in [0.05, 0.1) is 0 Å². The van der Waals surface area contributed by atoms with E-state index in [1.807, 2.05) is 54.6 Å². The van der Waals surface area contributed by atoms with Crippen LogP contribution in [0.15, 0.2) is 54.6 Å². The number of carbonyl (C=O) groups excluding carboxylic acids is 1. The summed E-state index contributed by atoms with van der Waals surface area (Å²) in [7, 11) is 0. The minimum Gasteiger partial charge on any atom is -0.289 e. The second kappa shape index (κ2) is 6.09. The van der Waals surface area contributed by atoms with Gasteiger partial charge in [0.15, 0.2) is 6.29 Å². The number of hydrogen-bond donors (Lipinski definition) is 0. The third-order valence-electron chi connectivity index (χ3n) is 2.29. The summed E-state index contributed by atoms with van der Waals surface area (Å²) in [4.78, 5) is 10.1. The minimum atomic E-state index is 0.586. The molecule has 0 aliphatic heterocycles. The Balaban J connectivity index is 2.16. The number of rotatable bonds is 0. The van der Waals surface area contributed by atoms with Gasteiger partial charge in [-0.05, 0) is 42.3 Å². The lowest BCUT2D eigenvalue weighted by atomic mass is 10.1. The van der Waals surface area contributed by atoms with Gasteiger partial charge in [0.1, 0.15) is 0 Å². The van der Waals surface area contributed by atoms with E-state index in [-0.39, 0.29) is 0 Å². The van der Waals surface area contributed by atoms with Crippen LogP contribution in [0.4, 0.5) is 0 Å². The predicted molar refractivity (Wildman–Crippen MR) is 71.8 cm³/mol. The average molecular weight is 230 g/mol. The SMILES string of the molecule is O=CC#Cc1ccc(C#Cc2ccccc2)cc1. The van der Waals surface area contributed by atoms with Crippen molar-refractivity contribution < 1.29 is 4.79 Å². The molecule has 0 saturated heterocycles. The highest BCUT2D eigenvalue weighted by molar-refractivity contribution is 5.73. The molecule has 2 aromatic rings. The first-order valence-corrected chi connectivity index (χ1v) is 5.51. The van der Waals surface area contributed by atoms with Crippen molar-refractivity contribution in [3.63, 3.8) is 0 Å². The summed E-state index contributed by atoms with van der Waals surface area (Å²) in [5.41, 5.74) is 2.73. The Morgan fingerprint density at radius 2 is 1.17 bits per heavy atom. The third kappa shape index (κ3) is 3.37. The Bertz CT molecular complexity index is 644. The van der Waals surface area contributed by atoms with E-state index < -0.39 is 0 Å². The molecule has 0 aromatic heterocycles. The summed E-state index contributed by atoms with van der Waals surface area (Å²) in [5, 5.41) is 0. The Kier molecular flexibility index (Phi) is 3.96. The molecule has 1 heteroatoms. The zero-order valence-electron chi connectivity index (χ0n) is 9.68. The molecule has 0 aliphatic carbocycles. The van der Waals surface area contributed by atoms with Gasteiger partial charge in [0.2, 0.25) is 0 Å². The van der Waals surface area contributed by atoms with Gasteiger partial charge < -0.3 is 0 Å². The minimum absolute atomic E-state index is 0.586. The summed E-state index contributed by atoms with van der Waals surface area (Å²) in [6.07, 6.45) is 0.586. The largest absolute Gasteiger partial charge is 0.289 e. The van der Waals surface area contributed by atoms with E-state index in [4.69, 9.17) is 0 Å². The van der Waals surface area contributed by atoms with E-state index in [1.54, 1.807) is 0 Å². The fourth-order valence-electron chi connectivity index (χ4n) is 1.42. The van der Waals surface area contributed by atoms with Crippen LogP contribution in [0, 0.1) is 23.7 Å². The molecule has 0 saturated carbocycles. The number of hydrogen-bond acceptors (Lipinski definition) is 1. The van der Waals surface area contributed by atoms with E-state index >= 15 is 0 Å². The van der Waals surface area contributed by atoms with E-state index in [0.29, 0.717) is 6.29 Å². The van der Waals surface area contributed by atoms with Crippen LogP contribution in [-0.2, 0) is 4.79 Å². The van der Waals surface area contributed by atoms with Gasteiger partial charge in [-0.25, -0.2) is 0 Å². The van der Waals surface area contributed by atoms with Crippen molar-refractivity contribution >= 4 is 6.29 Å². The first-order chi connectivity index (χ1) is 8.88. The lowest BCUT2D eigenvalue weighted by Crippen LogP contribution is -1.78. The monoisotopic (exact) mass is 230 g/mol. The van der Waals surface area contributed by atoms with Crippen molar-refractivity contribution in [2.24, 2.45) is 0 Å². The predicted octanol–water partition coefficient (Wildman–Crippen LogP) is 2.64. The van der Waals surface area contributed by atoms with Gasteiger partial charge in [-0.2, -0.15) is 0 Å². The lowest BCUT2D eigenvalue weighted by Gasteiger charge is -1.91. The van der Waals surface area contributed by atoms with Crippen molar-refractivity contribution in [1.82, 2.24) is 0 Å². The van der Waals surface area contributed by atoms with Crippen LogP contribution in [0.2, 0.25) is 0 Å². The maximum atomic E-state index is 10.1. The second-order valence-corrected chi connectivity index (χ2v) is 3.58. The highest BCUT2D eigenvalue weighted by atomic mass is 16.1. The van der Waals surface area contributed by atoms with Gasteiger partial charge in [-0.3, -0.25) is 4.79 Å². The molecule has 18 heavy (non-hydrogen) atoms. The second-order valence-electron chi connectivity index (χ2n) is 3.58. The maximum absolute atomic E-state index is 10.1. The van der Waals surface area contributed by atoms with Crippen LogP contribution in [0.5, 0.6) is 0 Å². The van der Waals surface area contributed by atoms with Crippen LogP contribution in [0.25, 0.3) is 0 Å². The van der Waals surface area contributed by atoms with Crippen LogP contribution >= 0.6 is 0 Å². The molecule has 0 aliphatic rings. The quantitative estimate of drug-likeness (QED) is 0.502. The molecular formula is C17H10O. The summed E-state index contributed by atoms with van der Waals surface area (Å²) in [6, 6.07) is 17.3. The fraction of sp³-hybridized carbons (Fsp3) is 0. The van der Waals surface area contributed by atoms with E-state index in [0.717, 1.165) is 16.7 Å². The molecule has 0 bridgehead atoms. The first kappa shape index (κ1) is 11.7. The van der Waals surface area contributed by atoms with Gasteiger partial charge in [-0.1, -0.05) is 36.0 Å². The first-order valence-electron chi connectivity index (χ1n) is 5.51. The van der Waals surface area contributed by atoms with E-state index in [2.05, 4.69) is 23.7 Å². The summed E-state index contributed by atoms with van der Waals surface area (Å²) in [5.74, 6) is 11.3. The molecule has 0 spiro atoms. The topological polar surface area (TPSA) is 17.1 Å². The zero-order chi connectivity index (χ0) is 12.6. The van der Waals surface area contributed by atoms with Crippen molar-refractivity contribution in [3.8, 4) is 23.7 Å². The molecular weight excluding hydrogens is 220 g/mol. The van der Waals surface area contributed by atoms with Crippen LogP contribution in [0.3, 0.4) is 0 Å². The van der Waals surface area contributed by atoms with Gasteiger partial charge in [0.25, 0.3) is 0 Å². The fourth-order valence-corrected chi connectivity index (χ4v) is 1.42. The summed E-state index contributed by atoms with van der Waals surface area (Å²) < 4.78 is 0. The van der Waals surface area contributed by atoms with E-state index in [1.165, 1.54) is 0 Å². The van der Waals surface area contributed by atoms with Crippen LogP contribution in [-0.4, -0.2) is 6.29 Å². The normalized spacial score (nSPS) is 8.44. The molecule has 2 aromatic carbocycles. The number of aldehydes is 1. The Labute approximate surface area is 106 Å². The molecule has 84 valence electrons. The highest BCUT2D eigenvalue weighted by Gasteiger charge is 1.88. The van der Waals surface area contributed by atoms with Gasteiger partial charge in [-0.15, -0.1) is 0 Å². The summed E-state index contributed by atoms with van der Waals surface area (Å²) >= 11 is 0. The van der Waals surface area contributed by atoms with Crippen LogP contribution in [0.1, 0.15) is 16.7 Å². The van der Waals surface area contributed by atoms with Crippen molar-refractivity contribution in [1.29, 1.82) is 0 Å². The Morgan fingerprint density at radius 1 is 0.667 bits per heavy atom. The van der Waals surface area contributed by atoms with Crippen molar-refractivity contribution in [3.05, 3.63) is 71.3 Å². The average Bonchev–Trinajstić information content (AvgIpc) is 2.45. The molecule has 0 atom stereocenters. The van der Waals surface area contributed by atoms with Crippen LogP contribution < -0.4 is 0 Å². The molecule has 0 heterocycles. The Hall–Kier alpha value is -2.77. The zero-order valence-corrected chi connectivity index (χ0v) is 9.68.